The van der Waals surface area contributed by atoms with E-state index in [4.69, 9.17) is 4.74 Å². The summed E-state index contributed by atoms with van der Waals surface area (Å²) in [5, 5.41) is 23.5. The average molecular weight is 326 g/mol. The molecule has 0 bridgehead atoms. The molecule has 3 aromatic heterocycles. The highest BCUT2D eigenvalue weighted by Crippen LogP contribution is 2.26. The van der Waals surface area contributed by atoms with E-state index in [1.807, 2.05) is 0 Å². The van der Waals surface area contributed by atoms with Crippen LogP contribution in [0.2, 0.25) is 0 Å². The van der Waals surface area contributed by atoms with Crippen LogP contribution in [0, 0.1) is 17.3 Å². The average Bonchev–Trinajstić information content (AvgIpc) is 2.90. The maximum atomic E-state index is 13.0. The number of aliphatic hydroxyl groups is 1. The van der Waals surface area contributed by atoms with Crippen molar-refractivity contribution in [2.45, 2.75) is 19.4 Å². The van der Waals surface area contributed by atoms with Gasteiger partial charge in [-0.05, 0) is 38.1 Å². The molecule has 0 spiro atoms. The predicted molar refractivity (Wildman–Crippen MR) is 84.9 cm³/mol. The third-order valence-electron chi connectivity index (χ3n) is 3.31. The zero-order valence-electron chi connectivity index (χ0n) is 13.2. The van der Waals surface area contributed by atoms with Crippen molar-refractivity contribution in [1.29, 1.82) is 5.26 Å². The number of hydrogen-bond acceptors (Lipinski definition) is 5. The minimum absolute atomic E-state index is 0.125. The lowest BCUT2D eigenvalue weighted by Crippen LogP contribution is -2.27. The van der Waals surface area contributed by atoms with Crippen LogP contribution < -0.4 is 4.74 Å². The van der Waals surface area contributed by atoms with Gasteiger partial charge >= 0.3 is 0 Å². The first kappa shape index (κ1) is 15.9. The first-order chi connectivity index (χ1) is 11.4. The van der Waals surface area contributed by atoms with Crippen molar-refractivity contribution < 1.29 is 14.2 Å². The van der Waals surface area contributed by atoms with Gasteiger partial charge in [0.05, 0.1) is 17.3 Å². The van der Waals surface area contributed by atoms with E-state index in [2.05, 4.69) is 16.2 Å². The summed E-state index contributed by atoms with van der Waals surface area (Å²) >= 11 is 0. The number of halogens is 1. The van der Waals surface area contributed by atoms with Gasteiger partial charge in [-0.2, -0.15) is 14.8 Å². The normalized spacial score (nSPS) is 11.5. The van der Waals surface area contributed by atoms with Gasteiger partial charge in [-0.3, -0.25) is 0 Å². The minimum atomic E-state index is -0.957. The van der Waals surface area contributed by atoms with Crippen LogP contribution in [0.5, 0.6) is 5.75 Å². The molecule has 0 radical (unpaired) electrons. The summed E-state index contributed by atoms with van der Waals surface area (Å²) in [6, 6.07) is 8.29. The SMILES string of the molecule is CC(C)(O)COc1ccc2c(C#N)c(-c3ccc(F)nc3)nn2c1. The Morgan fingerprint density at radius 2 is 2.12 bits per heavy atom. The molecule has 0 unspecified atom stereocenters. The van der Waals surface area contributed by atoms with Crippen LogP contribution in [0.3, 0.4) is 0 Å². The van der Waals surface area contributed by atoms with Crippen molar-refractivity contribution >= 4 is 5.52 Å². The number of rotatable bonds is 4. The first-order valence-corrected chi connectivity index (χ1v) is 7.27. The van der Waals surface area contributed by atoms with E-state index < -0.39 is 11.5 Å². The van der Waals surface area contributed by atoms with Crippen LogP contribution in [-0.2, 0) is 0 Å². The minimum Gasteiger partial charge on any atom is -0.489 e. The second-order valence-corrected chi connectivity index (χ2v) is 6.00. The standard InChI is InChI=1S/C17H15FN4O2/c1-17(2,23)10-24-12-4-5-14-13(7-19)16(21-22(14)9-12)11-3-6-15(18)20-8-11/h3-6,8-9,23H,10H2,1-2H3. The molecule has 3 aromatic rings. The van der Waals surface area contributed by atoms with Crippen LogP contribution in [0.25, 0.3) is 16.8 Å². The molecule has 3 rings (SSSR count). The summed E-state index contributed by atoms with van der Waals surface area (Å²) < 4.78 is 20.0. The molecular weight excluding hydrogens is 311 g/mol. The van der Waals surface area contributed by atoms with E-state index in [9.17, 15) is 14.8 Å². The molecule has 0 aliphatic carbocycles. The number of nitrogens with zero attached hydrogens (tertiary/aromatic N) is 4. The van der Waals surface area contributed by atoms with Crippen LogP contribution in [0.15, 0.2) is 36.7 Å². The van der Waals surface area contributed by atoms with Crippen LogP contribution in [-0.4, -0.2) is 31.9 Å². The summed E-state index contributed by atoms with van der Waals surface area (Å²) in [6.45, 7) is 3.42. The summed E-state index contributed by atoms with van der Waals surface area (Å²) in [6.07, 6.45) is 2.96. The maximum absolute atomic E-state index is 13.0. The van der Waals surface area contributed by atoms with Gasteiger partial charge in [-0.25, -0.2) is 9.50 Å². The second kappa shape index (κ2) is 5.91. The molecule has 0 fully saturated rings. The third-order valence-corrected chi connectivity index (χ3v) is 3.31. The van der Waals surface area contributed by atoms with Crippen LogP contribution in [0.1, 0.15) is 19.4 Å². The van der Waals surface area contributed by atoms with Gasteiger partial charge in [-0.1, -0.05) is 0 Å². The van der Waals surface area contributed by atoms with E-state index in [0.29, 0.717) is 28.1 Å². The fourth-order valence-electron chi connectivity index (χ4n) is 2.20. The third kappa shape index (κ3) is 3.19. The van der Waals surface area contributed by atoms with Gasteiger partial charge in [0.2, 0.25) is 5.95 Å². The molecule has 6 nitrogen and oxygen atoms in total. The number of pyridine rings is 2. The van der Waals surface area contributed by atoms with E-state index in [1.54, 1.807) is 32.2 Å². The van der Waals surface area contributed by atoms with E-state index in [-0.39, 0.29) is 6.61 Å². The molecule has 3 heterocycles. The van der Waals surface area contributed by atoms with Crippen molar-refractivity contribution in [3.05, 3.63) is 48.2 Å². The second-order valence-electron chi connectivity index (χ2n) is 6.00. The lowest BCUT2D eigenvalue weighted by Gasteiger charge is -2.17. The zero-order valence-corrected chi connectivity index (χ0v) is 13.2. The summed E-state index contributed by atoms with van der Waals surface area (Å²) in [7, 11) is 0. The molecule has 24 heavy (non-hydrogen) atoms. The lowest BCUT2D eigenvalue weighted by atomic mass is 10.1. The number of nitriles is 1. The number of hydrogen-bond donors (Lipinski definition) is 1. The van der Waals surface area contributed by atoms with Crippen molar-refractivity contribution in [2.75, 3.05) is 6.61 Å². The van der Waals surface area contributed by atoms with Gasteiger partial charge in [-0.15, -0.1) is 0 Å². The van der Waals surface area contributed by atoms with Gasteiger partial charge in [0, 0.05) is 11.8 Å². The lowest BCUT2D eigenvalue weighted by molar-refractivity contribution is 0.0283. The Morgan fingerprint density at radius 3 is 2.75 bits per heavy atom. The number of aromatic nitrogens is 3. The molecular formula is C17H15FN4O2. The quantitative estimate of drug-likeness (QED) is 0.745. The van der Waals surface area contributed by atoms with Crippen LogP contribution >= 0.6 is 0 Å². The fourth-order valence-corrected chi connectivity index (χ4v) is 2.20. The van der Waals surface area contributed by atoms with Crippen molar-refractivity contribution in [2.24, 2.45) is 0 Å². The van der Waals surface area contributed by atoms with E-state index in [0.717, 1.165) is 0 Å². The molecule has 0 amide bonds. The maximum Gasteiger partial charge on any atom is 0.212 e. The highest BCUT2D eigenvalue weighted by atomic mass is 19.1. The molecule has 0 aliphatic rings. The van der Waals surface area contributed by atoms with Gasteiger partial charge in [0.25, 0.3) is 0 Å². The largest absolute Gasteiger partial charge is 0.489 e. The molecule has 122 valence electrons. The Kier molecular flexibility index (Phi) is 3.91. The Labute approximate surface area is 137 Å². The van der Waals surface area contributed by atoms with Crippen LogP contribution in [0.4, 0.5) is 4.39 Å². The summed E-state index contributed by atoms with van der Waals surface area (Å²) in [5.41, 5.74) is 0.993. The Bertz CT molecular complexity index is 921. The highest BCUT2D eigenvalue weighted by Gasteiger charge is 2.17. The monoisotopic (exact) mass is 326 g/mol. The molecule has 0 aliphatic heterocycles. The topological polar surface area (TPSA) is 83.4 Å². The Balaban J connectivity index is 2.02. The summed E-state index contributed by atoms with van der Waals surface area (Å²) in [5.74, 6) is -0.0799. The molecule has 0 atom stereocenters. The molecule has 1 N–H and O–H groups in total. The molecule has 0 saturated heterocycles. The molecule has 0 saturated carbocycles. The number of fused-ring (bicyclic) bond motifs is 1. The predicted octanol–water partition coefficient (Wildman–Crippen LogP) is 2.56. The van der Waals surface area contributed by atoms with Crippen molar-refractivity contribution in [3.8, 4) is 23.1 Å². The zero-order chi connectivity index (χ0) is 17.3. The van der Waals surface area contributed by atoms with Crippen molar-refractivity contribution in [3.63, 3.8) is 0 Å². The van der Waals surface area contributed by atoms with Gasteiger partial charge < -0.3 is 9.84 Å². The van der Waals surface area contributed by atoms with E-state index >= 15 is 0 Å². The molecule has 7 heteroatoms. The number of ether oxygens (including phenoxy) is 1. The fraction of sp³-hybridized carbons (Fsp3) is 0.235. The van der Waals surface area contributed by atoms with E-state index in [1.165, 1.54) is 22.8 Å². The van der Waals surface area contributed by atoms with Gasteiger partial charge in [0.15, 0.2) is 0 Å². The smallest absolute Gasteiger partial charge is 0.212 e. The highest BCUT2D eigenvalue weighted by molar-refractivity contribution is 5.76. The first-order valence-electron chi connectivity index (χ1n) is 7.27. The van der Waals surface area contributed by atoms with Gasteiger partial charge in [0.1, 0.15) is 29.7 Å². The Morgan fingerprint density at radius 1 is 1.33 bits per heavy atom. The Hall–Kier alpha value is -2.98. The van der Waals surface area contributed by atoms with Crippen molar-refractivity contribution in [1.82, 2.24) is 14.6 Å². The molecule has 0 aromatic carbocycles. The summed E-state index contributed by atoms with van der Waals surface area (Å²) in [4.78, 5) is 3.60.